The van der Waals surface area contributed by atoms with Gasteiger partial charge in [0.15, 0.2) is 5.69 Å². The standard InChI is InChI=1S/C21H16N2O2/c1-2-25-21(24)18-13-17(15-9-5-3-6-10-15)20(23-19(18)14-22)16-11-7-4-8-12-16/h3-13H,2H2,1H3. The van der Waals surface area contributed by atoms with Crippen molar-refractivity contribution in [2.45, 2.75) is 6.92 Å². The van der Waals surface area contributed by atoms with Gasteiger partial charge in [-0.25, -0.2) is 9.78 Å². The fourth-order valence-corrected chi connectivity index (χ4v) is 2.62. The van der Waals surface area contributed by atoms with E-state index in [0.29, 0.717) is 5.69 Å². The Morgan fingerprint density at radius 3 is 2.20 bits per heavy atom. The number of aromatic nitrogens is 1. The second kappa shape index (κ2) is 7.41. The van der Waals surface area contributed by atoms with Gasteiger partial charge in [0.2, 0.25) is 0 Å². The summed E-state index contributed by atoms with van der Waals surface area (Å²) in [5, 5.41) is 9.45. The maximum Gasteiger partial charge on any atom is 0.341 e. The molecular weight excluding hydrogens is 312 g/mol. The van der Waals surface area contributed by atoms with E-state index in [2.05, 4.69) is 4.98 Å². The average molecular weight is 328 g/mol. The Bertz CT molecular complexity index is 929. The molecule has 0 bridgehead atoms. The average Bonchev–Trinajstić information content (AvgIpc) is 2.68. The van der Waals surface area contributed by atoms with Crippen LogP contribution in [0.5, 0.6) is 0 Å². The number of hydrogen-bond acceptors (Lipinski definition) is 4. The first-order valence-corrected chi connectivity index (χ1v) is 7.97. The Labute approximate surface area is 146 Å². The summed E-state index contributed by atoms with van der Waals surface area (Å²) < 4.78 is 5.08. The van der Waals surface area contributed by atoms with Crippen molar-refractivity contribution in [1.82, 2.24) is 4.98 Å². The van der Waals surface area contributed by atoms with Crippen molar-refractivity contribution >= 4 is 5.97 Å². The highest BCUT2D eigenvalue weighted by molar-refractivity contribution is 5.95. The number of rotatable bonds is 4. The van der Waals surface area contributed by atoms with Gasteiger partial charge in [0, 0.05) is 11.1 Å². The van der Waals surface area contributed by atoms with Gasteiger partial charge in [0.25, 0.3) is 0 Å². The molecule has 0 fully saturated rings. The minimum Gasteiger partial charge on any atom is -0.462 e. The first-order chi connectivity index (χ1) is 12.2. The van der Waals surface area contributed by atoms with E-state index < -0.39 is 5.97 Å². The molecule has 0 aliphatic carbocycles. The molecule has 0 amide bonds. The lowest BCUT2D eigenvalue weighted by molar-refractivity contribution is 0.0525. The topological polar surface area (TPSA) is 63.0 Å². The van der Waals surface area contributed by atoms with Crippen LogP contribution in [0.2, 0.25) is 0 Å². The number of ether oxygens (including phenoxy) is 1. The fourth-order valence-electron chi connectivity index (χ4n) is 2.62. The molecule has 0 spiro atoms. The van der Waals surface area contributed by atoms with Gasteiger partial charge in [-0.3, -0.25) is 0 Å². The molecule has 25 heavy (non-hydrogen) atoms. The smallest absolute Gasteiger partial charge is 0.341 e. The van der Waals surface area contributed by atoms with Gasteiger partial charge in [0.05, 0.1) is 17.9 Å². The van der Waals surface area contributed by atoms with E-state index in [-0.39, 0.29) is 17.9 Å². The molecule has 0 saturated carbocycles. The third-order valence-electron chi connectivity index (χ3n) is 3.76. The number of esters is 1. The Balaban J connectivity index is 2.27. The molecule has 1 heterocycles. The maximum absolute atomic E-state index is 12.2. The third-order valence-corrected chi connectivity index (χ3v) is 3.76. The molecule has 0 atom stereocenters. The van der Waals surface area contributed by atoms with Gasteiger partial charge in [-0.2, -0.15) is 5.26 Å². The zero-order chi connectivity index (χ0) is 17.6. The van der Waals surface area contributed by atoms with E-state index in [9.17, 15) is 10.1 Å². The van der Waals surface area contributed by atoms with E-state index in [1.54, 1.807) is 13.0 Å². The van der Waals surface area contributed by atoms with Crippen LogP contribution in [0, 0.1) is 11.3 Å². The summed E-state index contributed by atoms with van der Waals surface area (Å²) >= 11 is 0. The maximum atomic E-state index is 12.2. The Morgan fingerprint density at radius 1 is 1.04 bits per heavy atom. The summed E-state index contributed by atoms with van der Waals surface area (Å²) in [5.74, 6) is -0.539. The lowest BCUT2D eigenvalue weighted by atomic mass is 9.96. The van der Waals surface area contributed by atoms with Gasteiger partial charge in [-0.15, -0.1) is 0 Å². The Hall–Kier alpha value is -3.45. The number of carbonyl (C=O) groups is 1. The fraction of sp³-hybridized carbons (Fsp3) is 0.0952. The summed E-state index contributed by atoms with van der Waals surface area (Å²) in [5.41, 5.74) is 3.50. The summed E-state index contributed by atoms with van der Waals surface area (Å²) in [7, 11) is 0. The van der Waals surface area contributed by atoms with Crippen molar-refractivity contribution in [3.63, 3.8) is 0 Å². The lowest BCUT2D eigenvalue weighted by Crippen LogP contribution is -2.09. The quantitative estimate of drug-likeness (QED) is 0.663. The molecule has 3 rings (SSSR count). The van der Waals surface area contributed by atoms with Crippen LogP contribution in [0.15, 0.2) is 66.7 Å². The zero-order valence-corrected chi connectivity index (χ0v) is 13.8. The number of benzene rings is 2. The van der Waals surface area contributed by atoms with Crippen LogP contribution < -0.4 is 0 Å². The first kappa shape index (κ1) is 16.4. The molecule has 0 unspecified atom stereocenters. The van der Waals surface area contributed by atoms with Crippen molar-refractivity contribution in [3.05, 3.63) is 78.0 Å². The van der Waals surface area contributed by atoms with Gasteiger partial charge >= 0.3 is 5.97 Å². The predicted molar refractivity (Wildman–Crippen MR) is 95.8 cm³/mol. The highest BCUT2D eigenvalue weighted by Gasteiger charge is 2.19. The molecule has 0 radical (unpaired) electrons. The number of carbonyl (C=O) groups excluding carboxylic acids is 1. The van der Waals surface area contributed by atoms with Crippen LogP contribution in [-0.4, -0.2) is 17.6 Å². The SMILES string of the molecule is CCOC(=O)c1cc(-c2ccccc2)c(-c2ccccc2)nc1C#N. The molecule has 0 aliphatic heterocycles. The number of nitrogens with zero attached hydrogens (tertiary/aromatic N) is 2. The molecule has 2 aromatic carbocycles. The molecule has 1 aromatic heterocycles. The van der Waals surface area contributed by atoms with E-state index in [1.807, 2.05) is 66.7 Å². The predicted octanol–water partition coefficient (Wildman–Crippen LogP) is 4.46. The Morgan fingerprint density at radius 2 is 1.64 bits per heavy atom. The van der Waals surface area contributed by atoms with E-state index >= 15 is 0 Å². The van der Waals surface area contributed by atoms with Gasteiger partial charge in [-0.1, -0.05) is 60.7 Å². The number of pyridine rings is 1. The second-order valence-corrected chi connectivity index (χ2v) is 5.35. The first-order valence-electron chi connectivity index (χ1n) is 7.97. The van der Waals surface area contributed by atoms with Crippen molar-refractivity contribution in [3.8, 4) is 28.5 Å². The highest BCUT2D eigenvalue weighted by Crippen LogP contribution is 2.32. The van der Waals surface area contributed by atoms with E-state index in [4.69, 9.17) is 4.74 Å². The van der Waals surface area contributed by atoms with Crippen molar-refractivity contribution in [1.29, 1.82) is 5.26 Å². The number of hydrogen-bond donors (Lipinski definition) is 0. The molecular formula is C21H16N2O2. The minimum absolute atomic E-state index is 0.0667. The largest absolute Gasteiger partial charge is 0.462 e. The monoisotopic (exact) mass is 328 g/mol. The van der Waals surface area contributed by atoms with Crippen molar-refractivity contribution < 1.29 is 9.53 Å². The molecule has 122 valence electrons. The Kier molecular flexibility index (Phi) is 4.87. The van der Waals surface area contributed by atoms with E-state index in [0.717, 1.165) is 16.7 Å². The van der Waals surface area contributed by atoms with Gasteiger partial charge in [0.1, 0.15) is 6.07 Å². The van der Waals surface area contributed by atoms with Crippen molar-refractivity contribution in [2.75, 3.05) is 6.61 Å². The van der Waals surface area contributed by atoms with Crippen LogP contribution in [0.25, 0.3) is 22.4 Å². The molecule has 4 heteroatoms. The van der Waals surface area contributed by atoms with Crippen LogP contribution in [0.4, 0.5) is 0 Å². The molecule has 0 aliphatic rings. The third kappa shape index (κ3) is 3.41. The minimum atomic E-state index is -0.539. The van der Waals surface area contributed by atoms with Gasteiger partial charge in [-0.05, 0) is 18.6 Å². The van der Waals surface area contributed by atoms with Crippen LogP contribution >= 0.6 is 0 Å². The van der Waals surface area contributed by atoms with Crippen LogP contribution in [0.3, 0.4) is 0 Å². The van der Waals surface area contributed by atoms with E-state index in [1.165, 1.54) is 0 Å². The highest BCUT2D eigenvalue weighted by atomic mass is 16.5. The number of nitriles is 1. The lowest BCUT2D eigenvalue weighted by Gasteiger charge is -2.13. The molecule has 3 aromatic rings. The molecule has 0 saturated heterocycles. The van der Waals surface area contributed by atoms with Crippen molar-refractivity contribution in [2.24, 2.45) is 0 Å². The van der Waals surface area contributed by atoms with Crippen LogP contribution in [0.1, 0.15) is 23.0 Å². The summed E-state index contributed by atoms with van der Waals surface area (Å²) in [6, 6.07) is 23.0. The van der Waals surface area contributed by atoms with Crippen LogP contribution in [-0.2, 0) is 4.74 Å². The second-order valence-electron chi connectivity index (χ2n) is 5.35. The summed E-state index contributed by atoms with van der Waals surface area (Å²) in [6.45, 7) is 1.97. The summed E-state index contributed by atoms with van der Waals surface area (Å²) in [4.78, 5) is 16.7. The normalized spacial score (nSPS) is 10.1. The zero-order valence-electron chi connectivity index (χ0n) is 13.8. The van der Waals surface area contributed by atoms with Gasteiger partial charge < -0.3 is 4.74 Å². The molecule has 4 nitrogen and oxygen atoms in total. The summed E-state index contributed by atoms with van der Waals surface area (Å²) in [6.07, 6.45) is 0. The molecule has 0 N–H and O–H groups in total.